The molecule has 0 fully saturated rings. The highest BCUT2D eigenvalue weighted by Crippen LogP contribution is 2.04. The molecule has 76 valence electrons. The van der Waals surface area contributed by atoms with Gasteiger partial charge in [-0.1, -0.05) is 5.16 Å². The lowest BCUT2D eigenvalue weighted by Crippen LogP contribution is -2.38. The molecule has 1 aromatic heterocycles. The van der Waals surface area contributed by atoms with Gasteiger partial charge < -0.3 is 14.9 Å². The number of carbonyl (C=O) groups is 2. The minimum Gasteiger partial charge on any atom is -0.480 e. The van der Waals surface area contributed by atoms with Gasteiger partial charge in [0.2, 0.25) is 0 Å². The zero-order valence-electron chi connectivity index (χ0n) is 7.77. The van der Waals surface area contributed by atoms with Crippen molar-refractivity contribution in [3.05, 3.63) is 17.5 Å². The summed E-state index contributed by atoms with van der Waals surface area (Å²) in [5.41, 5.74) is 0.679. The van der Waals surface area contributed by atoms with Crippen molar-refractivity contribution in [2.24, 2.45) is 0 Å². The van der Waals surface area contributed by atoms with Crippen LogP contribution in [0.15, 0.2) is 10.8 Å². The lowest BCUT2D eigenvalue weighted by atomic mass is 10.2. The monoisotopic (exact) mass is 198 g/mol. The van der Waals surface area contributed by atoms with Gasteiger partial charge in [0.15, 0.2) is 0 Å². The first kappa shape index (κ1) is 10.2. The number of aliphatic carboxylic acids is 1. The van der Waals surface area contributed by atoms with Crippen molar-refractivity contribution in [3.8, 4) is 0 Å². The van der Waals surface area contributed by atoms with Gasteiger partial charge in [0.25, 0.3) is 5.91 Å². The Morgan fingerprint density at radius 1 is 1.64 bits per heavy atom. The second kappa shape index (κ2) is 3.91. The van der Waals surface area contributed by atoms with Crippen LogP contribution < -0.4 is 5.32 Å². The molecule has 0 aliphatic carbocycles. The first-order valence-corrected chi connectivity index (χ1v) is 3.97. The molecule has 1 atom stereocenters. The first-order chi connectivity index (χ1) is 6.52. The molecule has 0 saturated heterocycles. The highest BCUT2D eigenvalue weighted by atomic mass is 16.5. The van der Waals surface area contributed by atoms with Crippen molar-refractivity contribution in [1.82, 2.24) is 10.5 Å². The van der Waals surface area contributed by atoms with E-state index in [-0.39, 0.29) is 5.56 Å². The van der Waals surface area contributed by atoms with Crippen LogP contribution in [0.1, 0.15) is 23.0 Å². The number of rotatable bonds is 3. The minimum absolute atomic E-state index is 0.248. The number of nitrogens with one attached hydrogen (secondary N) is 1. The average Bonchev–Trinajstić information content (AvgIpc) is 2.51. The summed E-state index contributed by atoms with van der Waals surface area (Å²) < 4.78 is 4.55. The number of aryl methyl sites for hydroxylation is 1. The third-order valence-electron chi connectivity index (χ3n) is 1.71. The van der Waals surface area contributed by atoms with Crippen LogP contribution in [-0.4, -0.2) is 28.2 Å². The number of hydrogen-bond acceptors (Lipinski definition) is 4. The van der Waals surface area contributed by atoms with Gasteiger partial charge in [0.05, 0.1) is 5.69 Å². The molecule has 0 spiro atoms. The van der Waals surface area contributed by atoms with Gasteiger partial charge in [-0.05, 0) is 13.8 Å². The molecule has 1 rings (SSSR count). The molecule has 0 bridgehead atoms. The summed E-state index contributed by atoms with van der Waals surface area (Å²) in [6.07, 6.45) is 1.18. The normalized spacial score (nSPS) is 12.1. The van der Waals surface area contributed by atoms with Crippen molar-refractivity contribution in [2.75, 3.05) is 0 Å². The SMILES string of the molecule is Cc1nocc1C(=O)N[C@@H](C)C(=O)O. The number of carboxylic acids is 1. The Kier molecular flexibility index (Phi) is 2.85. The van der Waals surface area contributed by atoms with Gasteiger partial charge in [-0.2, -0.15) is 0 Å². The molecule has 1 heterocycles. The van der Waals surface area contributed by atoms with Gasteiger partial charge in [-0.25, -0.2) is 0 Å². The number of amides is 1. The second-order valence-electron chi connectivity index (χ2n) is 2.85. The molecule has 0 radical (unpaired) electrons. The molecule has 14 heavy (non-hydrogen) atoms. The maximum atomic E-state index is 11.4. The van der Waals surface area contributed by atoms with E-state index >= 15 is 0 Å². The Balaban J connectivity index is 2.69. The smallest absolute Gasteiger partial charge is 0.325 e. The summed E-state index contributed by atoms with van der Waals surface area (Å²) in [5.74, 6) is -1.59. The van der Waals surface area contributed by atoms with Crippen molar-refractivity contribution >= 4 is 11.9 Å². The Morgan fingerprint density at radius 3 is 2.71 bits per heavy atom. The van der Waals surface area contributed by atoms with Crippen LogP contribution >= 0.6 is 0 Å². The highest BCUT2D eigenvalue weighted by molar-refractivity contribution is 5.96. The fourth-order valence-electron chi connectivity index (χ4n) is 0.847. The molecule has 0 aliphatic rings. The van der Waals surface area contributed by atoms with Crippen LogP contribution in [0.25, 0.3) is 0 Å². The van der Waals surface area contributed by atoms with Gasteiger partial charge in [0.1, 0.15) is 17.9 Å². The predicted octanol–water partition coefficient (Wildman–Crippen LogP) is 0.186. The van der Waals surface area contributed by atoms with E-state index in [4.69, 9.17) is 5.11 Å². The largest absolute Gasteiger partial charge is 0.480 e. The Morgan fingerprint density at radius 2 is 2.29 bits per heavy atom. The van der Waals surface area contributed by atoms with E-state index in [2.05, 4.69) is 15.0 Å². The number of nitrogens with zero attached hydrogens (tertiary/aromatic N) is 1. The van der Waals surface area contributed by atoms with Crippen molar-refractivity contribution in [3.63, 3.8) is 0 Å². The number of carboxylic acid groups (broad SMARTS) is 1. The first-order valence-electron chi connectivity index (χ1n) is 3.97. The minimum atomic E-state index is -1.09. The molecule has 1 aromatic rings. The fraction of sp³-hybridized carbons (Fsp3) is 0.375. The van der Waals surface area contributed by atoms with Gasteiger partial charge in [-0.15, -0.1) is 0 Å². The molecule has 0 unspecified atom stereocenters. The van der Waals surface area contributed by atoms with Crippen LogP contribution in [0, 0.1) is 6.92 Å². The van der Waals surface area contributed by atoms with E-state index in [1.165, 1.54) is 13.2 Å². The van der Waals surface area contributed by atoms with E-state index in [0.717, 1.165) is 0 Å². The third kappa shape index (κ3) is 2.09. The van der Waals surface area contributed by atoms with Crippen LogP contribution in [0.2, 0.25) is 0 Å². The van der Waals surface area contributed by atoms with Crippen molar-refractivity contribution < 1.29 is 19.2 Å². The van der Waals surface area contributed by atoms with Crippen molar-refractivity contribution in [1.29, 1.82) is 0 Å². The fourth-order valence-corrected chi connectivity index (χ4v) is 0.847. The van der Waals surface area contributed by atoms with E-state index in [0.29, 0.717) is 5.69 Å². The van der Waals surface area contributed by atoms with E-state index < -0.39 is 17.9 Å². The topological polar surface area (TPSA) is 92.4 Å². The summed E-state index contributed by atoms with van der Waals surface area (Å²) in [6, 6.07) is -0.934. The molecule has 1 amide bonds. The lowest BCUT2D eigenvalue weighted by molar-refractivity contribution is -0.138. The molecule has 0 aliphatic heterocycles. The summed E-state index contributed by atoms with van der Waals surface area (Å²) in [4.78, 5) is 21.8. The molecule has 6 nitrogen and oxygen atoms in total. The number of aromatic nitrogens is 1. The molecular weight excluding hydrogens is 188 g/mol. The average molecular weight is 198 g/mol. The zero-order valence-corrected chi connectivity index (χ0v) is 7.77. The Hall–Kier alpha value is -1.85. The van der Waals surface area contributed by atoms with Gasteiger partial charge in [0, 0.05) is 0 Å². The van der Waals surface area contributed by atoms with Gasteiger partial charge >= 0.3 is 5.97 Å². The summed E-state index contributed by atoms with van der Waals surface area (Å²) in [6.45, 7) is 2.98. The summed E-state index contributed by atoms with van der Waals surface area (Å²) in [7, 11) is 0. The maximum Gasteiger partial charge on any atom is 0.325 e. The predicted molar refractivity (Wildman–Crippen MR) is 45.8 cm³/mol. The van der Waals surface area contributed by atoms with E-state index in [1.54, 1.807) is 6.92 Å². The quantitative estimate of drug-likeness (QED) is 0.723. The maximum absolute atomic E-state index is 11.4. The van der Waals surface area contributed by atoms with Crippen LogP contribution in [-0.2, 0) is 4.79 Å². The lowest BCUT2D eigenvalue weighted by Gasteiger charge is -2.07. The molecule has 2 N–H and O–H groups in total. The molecule has 0 aromatic carbocycles. The third-order valence-corrected chi connectivity index (χ3v) is 1.71. The molecular formula is C8H10N2O4. The summed E-state index contributed by atoms with van der Waals surface area (Å²) in [5, 5.41) is 14.3. The summed E-state index contributed by atoms with van der Waals surface area (Å²) >= 11 is 0. The highest BCUT2D eigenvalue weighted by Gasteiger charge is 2.18. The van der Waals surface area contributed by atoms with Crippen LogP contribution in [0.3, 0.4) is 0 Å². The number of carbonyl (C=O) groups excluding carboxylic acids is 1. The number of hydrogen-bond donors (Lipinski definition) is 2. The molecule has 6 heteroatoms. The standard InChI is InChI=1S/C8H10N2O4/c1-4-6(3-14-10-4)7(11)9-5(2)8(12)13/h3,5H,1-2H3,(H,9,11)(H,12,13)/t5-/m0/s1. The second-order valence-corrected chi connectivity index (χ2v) is 2.85. The Labute approximate surface area is 79.9 Å². The van der Waals surface area contributed by atoms with Crippen LogP contribution in [0.5, 0.6) is 0 Å². The zero-order chi connectivity index (χ0) is 10.7. The van der Waals surface area contributed by atoms with Gasteiger partial charge in [-0.3, -0.25) is 9.59 Å². The van der Waals surface area contributed by atoms with Crippen molar-refractivity contribution in [2.45, 2.75) is 19.9 Å². The van der Waals surface area contributed by atoms with Crippen LogP contribution in [0.4, 0.5) is 0 Å². The molecule has 0 saturated carbocycles. The van der Waals surface area contributed by atoms with E-state index in [1.807, 2.05) is 0 Å². The van der Waals surface area contributed by atoms with E-state index in [9.17, 15) is 9.59 Å². The Bertz CT molecular complexity index is 358.